The molecule has 0 bridgehead atoms. The average molecular weight is 124 g/mol. The molecule has 2 rings (SSSR count). The van der Waals surface area contributed by atoms with E-state index in [2.05, 4.69) is 13.0 Å². The molecule has 50 valence electrons. The lowest BCUT2D eigenvalue weighted by atomic mass is 10.00. The Morgan fingerprint density at radius 1 is 1.78 bits per heavy atom. The molecule has 2 aliphatic rings. The van der Waals surface area contributed by atoms with Gasteiger partial charge in [-0.15, -0.1) is 0 Å². The van der Waals surface area contributed by atoms with Gasteiger partial charge in [0.2, 0.25) is 0 Å². The third-order valence-electron chi connectivity index (χ3n) is 2.37. The quantitative estimate of drug-likeness (QED) is 0.519. The summed E-state index contributed by atoms with van der Waals surface area (Å²) < 4.78 is 5.25. The second-order valence-electron chi connectivity index (χ2n) is 2.98. The van der Waals surface area contributed by atoms with Crippen LogP contribution in [-0.4, -0.2) is 6.61 Å². The van der Waals surface area contributed by atoms with Gasteiger partial charge in [0.25, 0.3) is 0 Å². The van der Waals surface area contributed by atoms with E-state index >= 15 is 0 Å². The average Bonchev–Trinajstić information content (AvgIpc) is 2.10. The molecule has 1 heterocycles. The van der Waals surface area contributed by atoms with Crippen LogP contribution in [-0.2, 0) is 4.74 Å². The number of rotatable bonds is 1. The molecule has 0 aromatic rings. The molecule has 0 aromatic carbocycles. The van der Waals surface area contributed by atoms with Gasteiger partial charge in [-0.25, -0.2) is 0 Å². The van der Waals surface area contributed by atoms with Crippen LogP contribution in [0.4, 0.5) is 0 Å². The standard InChI is InChI=1S/C8H12O/c1-2-6-3-7-5-9-8(7)4-6/h4,6-7H,2-3,5H2,1H3. The number of ether oxygens (including phenoxy) is 1. The normalized spacial score (nSPS) is 38.6. The Kier molecular flexibility index (Phi) is 1.04. The minimum Gasteiger partial charge on any atom is -0.497 e. The molecule has 1 heteroatoms. The topological polar surface area (TPSA) is 9.23 Å². The lowest BCUT2D eigenvalue weighted by molar-refractivity contribution is 0.0539. The molecule has 0 amide bonds. The summed E-state index contributed by atoms with van der Waals surface area (Å²) in [5.74, 6) is 2.92. The predicted octanol–water partition coefficient (Wildman–Crippen LogP) is 1.95. The Balaban J connectivity index is 2.05. The Bertz CT molecular complexity index is 149. The molecular weight excluding hydrogens is 112 g/mol. The van der Waals surface area contributed by atoms with Crippen molar-refractivity contribution < 1.29 is 4.74 Å². The number of hydrogen-bond donors (Lipinski definition) is 0. The van der Waals surface area contributed by atoms with Crippen LogP contribution in [0, 0.1) is 11.8 Å². The van der Waals surface area contributed by atoms with Gasteiger partial charge in [0.15, 0.2) is 0 Å². The Morgan fingerprint density at radius 2 is 2.67 bits per heavy atom. The number of fused-ring (bicyclic) bond motifs is 1. The van der Waals surface area contributed by atoms with E-state index in [1.54, 1.807) is 0 Å². The molecule has 0 aromatic heterocycles. The summed E-state index contributed by atoms with van der Waals surface area (Å²) in [6.07, 6.45) is 4.93. The zero-order valence-corrected chi connectivity index (χ0v) is 5.76. The summed E-state index contributed by atoms with van der Waals surface area (Å²) in [6.45, 7) is 3.23. The van der Waals surface area contributed by atoms with Gasteiger partial charge in [-0.2, -0.15) is 0 Å². The Labute approximate surface area is 55.7 Å². The van der Waals surface area contributed by atoms with E-state index in [-0.39, 0.29) is 0 Å². The molecule has 2 unspecified atom stereocenters. The van der Waals surface area contributed by atoms with Gasteiger partial charge >= 0.3 is 0 Å². The third kappa shape index (κ3) is 0.673. The van der Waals surface area contributed by atoms with Crippen molar-refractivity contribution in [3.8, 4) is 0 Å². The Morgan fingerprint density at radius 3 is 3.00 bits per heavy atom. The molecule has 9 heavy (non-hydrogen) atoms. The van der Waals surface area contributed by atoms with E-state index in [9.17, 15) is 0 Å². The molecule has 1 aliphatic heterocycles. The van der Waals surface area contributed by atoms with E-state index < -0.39 is 0 Å². The number of hydrogen-bond acceptors (Lipinski definition) is 1. The van der Waals surface area contributed by atoms with Crippen molar-refractivity contribution in [3.05, 3.63) is 11.8 Å². The molecule has 2 atom stereocenters. The van der Waals surface area contributed by atoms with E-state index in [0.717, 1.165) is 18.4 Å². The van der Waals surface area contributed by atoms with Gasteiger partial charge in [0, 0.05) is 0 Å². The van der Waals surface area contributed by atoms with E-state index in [1.807, 2.05) is 0 Å². The second kappa shape index (κ2) is 1.76. The first-order valence-corrected chi connectivity index (χ1v) is 3.74. The fraction of sp³-hybridized carbons (Fsp3) is 0.750. The highest BCUT2D eigenvalue weighted by molar-refractivity contribution is 5.14. The summed E-state index contributed by atoms with van der Waals surface area (Å²) in [7, 11) is 0. The summed E-state index contributed by atoms with van der Waals surface area (Å²) >= 11 is 0. The highest BCUT2D eigenvalue weighted by atomic mass is 16.5. The van der Waals surface area contributed by atoms with Crippen molar-refractivity contribution in [1.82, 2.24) is 0 Å². The molecule has 1 nitrogen and oxygen atoms in total. The third-order valence-corrected chi connectivity index (χ3v) is 2.37. The van der Waals surface area contributed by atoms with Gasteiger partial charge in [0.1, 0.15) is 0 Å². The molecule has 0 spiro atoms. The van der Waals surface area contributed by atoms with E-state index in [1.165, 1.54) is 18.6 Å². The number of allylic oxidation sites excluding steroid dienone is 1. The van der Waals surface area contributed by atoms with Crippen LogP contribution in [0.25, 0.3) is 0 Å². The smallest absolute Gasteiger partial charge is 0.0988 e. The lowest BCUT2D eigenvalue weighted by Gasteiger charge is -2.25. The predicted molar refractivity (Wildman–Crippen MR) is 35.9 cm³/mol. The first kappa shape index (κ1) is 5.33. The maximum atomic E-state index is 5.25. The van der Waals surface area contributed by atoms with Crippen LogP contribution in [0.15, 0.2) is 11.8 Å². The van der Waals surface area contributed by atoms with Gasteiger partial charge in [-0.1, -0.05) is 6.92 Å². The van der Waals surface area contributed by atoms with Gasteiger partial charge in [-0.3, -0.25) is 0 Å². The van der Waals surface area contributed by atoms with Crippen molar-refractivity contribution in [1.29, 1.82) is 0 Å². The first-order valence-electron chi connectivity index (χ1n) is 3.74. The molecule has 0 N–H and O–H groups in total. The van der Waals surface area contributed by atoms with Crippen LogP contribution in [0.5, 0.6) is 0 Å². The maximum Gasteiger partial charge on any atom is 0.0988 e. The van der Waals surface area contributed by atoms with Gasteiger partial charge in [0.05, 0.1) is 18.3 Å². The van der Waals surface area contributed by atoms with Crippen LogP contribution < -0.4 is 0 Å². The Hall–Kier alpha value is -0.460. The minimum atomic E-state index is 0.815. The van der Waals surface area contributed by atoms with E-state index in [0.29, 0.717) is 0 Å². The van der Waals surface area contributed by atoms with Gasteiger partial charge < -0.3 is 4.74 Å². The summed E-state index contributed by atoms with van der Waals surface area (Å²) in [6, 6.07) is 0. The van der Waals surface area contributed by atoms with E-state index in [4.69, 9.17) is 4.74 Å². The highest BCUT2D eigenvalue weighted by Crippen LogP contribution is 2.39. The maximum absolute atomic E-state index is 5.25. The van der Waals surface area contributed by atoms with Crippen LogP contribution in [0.2, 0.25) is 0 Å². The molecular formula is C8H12O. The highest BCUT2D eigenvalue weighted by Gasteiger charge is 2.33. The van der Waals surface area contributed by atoms with Crippen LogP contribution in [0.1, 0.15) is 19.8 Å². The fourth-order valence-corrected chi connectivity index (χ4v) is 1.62. The van der Waals surface area contributed by atoms with Crippen molar-refractivity contribution in [2.24, 2.45) is 11.8 Å². The van der Waals surface area contributed by atoms with Crippen molar-refractivity contribution in [2.45, 2.75) is 19.8 Å². The lowest BCUT2D eigenvalue weighted by Crippen LogP contribution is -2.21. The largest absolute Gasteiger partial charge is 0.497 e. The molecule has 1 aliphatic carbocycles. The summed E-state index contributed by atoms with van der Waals surface area (Å²) in [5.41, 5.74) is 0. The minimum absolute atomic E-state index is 0.815. The molecule has 0 saturated carbocycles. The van der Waals surface area contributed by atoms with Crippen molar-refractivity contribution in [2.75, 3.05) is 6.61 Å². The van der Waals surface area contributed by atoms with Crippen molar-refractivity contribution >= 4 is 0 Å². The summed E-state index contributed by atoms with van der Waals surface area (Å²) in [5, 5.41) is 0. The first-order chi connectivity index (χ1) is 4.40. The van der Waals surface area contributed by atoms with Gasteiger partial charge in [-0.05, 0) is 24.8 Å². The SMILES string of the molecule is CCC1C=C2OCC2C1. The molecule has 0 radical (unpaired) electrons. The summed E-state index contributed by atoms with van der Waals surface area (Å²) in [4.78, 5) is 0. The molecule has 1 fully saturated rings. The molecule has 1 saturated heterocycles. The zero-order valence-electron chi connectivity index (χ0n) is 5.76. The zero-order chi connectivity index (χ0) is 6.27. The fourth-order valence-electron chi connectivity index (χ4n) is 1.62. The second-order valence-corrected chi connectivity index (χ2v) is 2.98. The van der Waals surface area contributed by atoms with Crippen LogP contribution in [0.3, 0.4) is 0 Å². The van der Waals surface area contributed by atoms with Crippen LogP contribution >= 0.6 is 0 Å². The van der Waals surface area contributed by atoms with Crippen molar-refractivity contribution in [3.63, 3.8) is 0 Å². The monoisotopic (exact) mass is 124 g/mol.